The molecule has 0 saturated carbocycles. The van der Waals surface area contributed by atoms with Gasteiger partial charge in [-0.15, -0.1) is 11.8 Å². The van der Waals surface area contributed by atoms with E-state index < -0.39 is 6.61 Å². The van der Waals surface area contributed by atoms with E-state index >= 15 is 0 Å². The molecule has 0 bridgehead atoms. The molecule has 0 aliphatic heterocycles. The summed E-state index contributed by atoms with van der Waals surface area (Å²) in [6, 6.07) is 11.4. The highest BCUT2D eigenvalue weighted by Gasteiger charge is 2.11. The highest BCUT2D eigenvalue weighted by atomic mass is 32.2. The van der Waals surface area contributed by atoms with Gasteiger partial charge < -0.3 is 20.1 Å². The number of benzene rings is 2. The average Bonchev–Trinajstić information content (AvgIpc) is 2.63. The van der Waals surface area contributed by atoms with E-state index in [1.165, 1.54) is 31.9 Å². The zero-order valence-electron chi connectivity index (χ0n) is 15.3. The minimum Gasteiger partial charge on any atom is -0.493 e. The average molecular weight is 410 g/mol. The number of amides is 2. The predicted molar refractivity (Wildman–Crippen MR) is 105 cm³/mol. The Bertz CT molecular complexity index is 816. The van der Waals surface area contributed by atoms with Gasteiger partial charge in [0.05, 0.1) is 12.9 Å². The van der Waals surface area contributed by atoms with Crippen molar-refractivity contribution in [2.24, 2.45) is 0 Å². The Kier molecular flexibility index (Phi) is 8.06. The molecule has 0 aliphatic rings. The van der Waals surface area contributed by atoms with Crippen LogP contribution in [0, 0.1) is 0 Å². The van der Waals surface area contributed by atoms with Gasteiger partial charge in [-0.1, -0.05) is 6.07 Å². The van der Waals surface area contributed by atoms with E-state index in [-0.39, 0.29) is 29.1 Å². The van der Waals surface area contributed by atoms with E-state index in [0.29, 0.717) is 17.1 Å². The molecule has 2 aromatic carbocycles. The number of thioether (sulfide) groups is 1. The molecule has 0 aliphatic carbocycles. The first-order chi connectivity index (χ1) is 13.4. The summed E-state index contributed by atoms with van der Waals surface area (Å²) in [5.74, 6) is 0.542. The SMILES string of the molecule is COc1cc(CSCC(=O)Nc2ccc(NC(C)=O)cc2)ccc1OC(F)F. The summed E-state index contributed by atoms with van der Waals surface area (Å²) in [6.45, 7) is -1.51. The molecule has 2 aromatic rings. The number of nitrogens with one attached hydrogen (secondary N) is 2. The number of rotatable bonds is 9. The number of hydrogen-bond acceptors (Lipinski definition) is 5. The van der Waals surface area contributed by atoms with Crippen LogP contribution < -0.4 is 20.1 Å². The van der Waals surface area contributed by atoms with Crippen molar-refractivity contribution in [1.29, 1.82) is 0 Å². The van der Waals surface area contributed by atoms with Gasteiger partial charge in [0.25, 0.3) is 0 Å². The molecule has 2 N–H and O–H groups in total. The lowest BCUT2D eigenvalue weighted by atomic mass is 10.2. The molecule has 6 nitrogen and oxygen atoms in total. The Morgan fingerprint density at radius 2 is 1.68 bits per heavy atom. The molecule has 0 radical (unpaired) electrons. The smallest absolute Gasteiger partial charge is 0.387 e. The number of anilines is 2. The predicted octanol–water partition coefficient (Wildman–Crippen LogP) is 4.13. The minimum absolute atomic E-state index is 0.0355. The van der Waals surface area contributed by atoms with Crippen LogP contribution in [0.4, 0.5) is 20.2 Å². The molecule has 150 valence electrons. The van der Waals surface area contributed by atoms with Crippen molar-refractivity contribution in [2.75, 3.05) is 23.5 Å². The molecule has 0 aromatic heterocycles. The van der Waals surface area contributed by atoms with Crippen molar-refractivity contribution in [3.05, 3.63) is 48.0 Å². The van der Waals surface area contributed by atoms with E-state index in [1.807, 2.05) is 0 Å². The number of carbonyl (C=O) groups is 2. The van der Waals surface area contributed by atoms with Crippen LogP contribution in [-0.2, 0) is 15.3 Å². The summed E-state index contributed by atoms with van der Waals surface area (Å²) in [4.78, 5) is 23.0. The number of ether oxygens (including phenoxy) is 2. The van der Waals surface area contributed by atoms with Crippen LogP contribution in [0.25, 0.3) is 0 Å². The van der Waals surface area contributed by atoms with E-state index in [0.717, 1.165) is 5.56 Å². The first-order valence-corrected chi connectivity index (χ1v) is 9.40. The zero-order chi connectivity index (χ0) is 20.5. The third-order valence-corrected chi connectivity index (χ3v) is 4.44. The Balaban J connectivity index is 1.82. The number of carbonyl (C=O) groups excluding carboxylic acids is 2. The fourth-order valence-electron chi connectivity index (χ4n) is 2.29. The van der Waals surface area contributed by atoms with Gasteiger partial charge >= 0.3 is 6.61 Å². The highest BCUT2D eigenvalue weighted by molar-refractivity contribution is 7.99. The Morgan fingerprint density at radius 1 is 1.04 bits per heavy atom. The van der Waals surface area contributed by atoms with E-state index in [4.69, 9.17) is 4.74 Å². The molecule has 9 heteroatoms. The van der Waals surface area contributed by atoms with Gasteiger partial charge in [-0.25, -0.2) is 0 Å². The lowest BCUT2D eigenvalue weighted by molar-refractivity contribution is -0.114. The first kappa shape index (κ1) is 21.5. The van der Waals surface area contributed by atoms with Crippen LogP contribution in [0.3, 0.4) is 0 Å². The summed E-state index contributed by atoms with van der Waals surface area (Å²) in [7, 11) is 1.37. The monoisotopic (exact) mass is 410 g/mol. The van der Waals surface area contributed by atoms with Gasteiger partial charge in [0.2, 0.25) is 11.8 Å². The quantitative estimate of drug-likeness (QED) is 0.650. The molecule has 0 spiro atoms. The fraction of sp³-hybridized carbons (Fsp3) is 0.263. The number of alkyl halides is 2. The van der Waals surface area contributed by atoms with Gasteiger partial charge in [0.15, 0.2) is 11.5 Å². The first-order valence-electron chi connectivity index (χ1n) is 8.24. The van der Waals surface area contributed by atoms with Gasteiger partial charge in [-0.2, -0.15) is 8.78 Å². The lowest BCUT2D eigenvalue weighted by Crippen LogP contribution is -2.14. The van der Waals surface area contributed by atoms with Crippen molar-refractivity contribution < 1.29 is 27.8 Å². The molecule has 0 heterocycles. The number of hydrogen-bond donors (Lipinski definition) is 2. The summed E-state index contributed by atoms with van der Waals surface area (Å²) in [6.07, 6.45) is 0. The summed E-state index contributed by atoms with van der Waals surface area (Å²) >= 11 is 1.37. The van der Waals surface area contributed by atoms with Gasteiger partial charge in [0, 0.05) is 24.1 Å². The fourth-order valence-corrected chi connectivity index (χ4v) is 3.07. The van der Waals surface area contributed by atoms with Gasteiger partial charge in [-0.05, 0) is 42.0 Å². The Hall–Kier alpha value is -2.81. The normalized spacial score (nSPS) is 10.5. The maximum atomic E-state index is 12.3. The van der Waals surface area contributed by atoms with Gasteiger partial charge in [-0.3, -0.25) is 9.59 Å². The van der Waals surface area contributed by atoms with Crippen molar-refractivity contribution in [2.45, 2.75) is 19.3 Å². The van der Waals surface area contributed by atoms with Crippen LogP contribution in [-0.4, -0.2) is 31.3 Å². The maximum absolute atomic E-state index is 12.3. The molecule has 0 saturated heterocycles. The standard InChI is InChI=1S/C19H20F2N2O4S/c1-12(24)22-14-4-6-15(7-5-14)23-18(25)11-28-10-13-3-8-16(27-19(20)21)17(9-13)26-2/h3-9,19H,10-11H2,1-2H3,(H,22,24)(H,23,25). The molecule has 2 amide bonds. The largest absolute Gasteiger partial charge is 0.493 e. The maximum Gasteiger partial charge on any atom is 0.387 e. The van der Waals surface area contributed by atoms with Crippen LogP contribution >= 0.6 is 11.8 Å². The van der Waals surface area contributed by atoms with Crippen molar-refractivity contribution in [3.8, 4) is 11.5 Å². The summed E-state index contributed by atoms with van der Waals surface area (Å²) in [5.41, 5.74) is 2.08. The highest BCUT2D eigenvalue weighted by Crippen LogP contribution is 2.30. The molecule has 28 heavy (non-hydrogen) atoms. The number of methoxy groups -OCH3 is 1. The lowest BCUT2D eigenvalue weighted by Gasteiger charge is -2.11. The van der Waals surface area contributed by atoms with E-state index in [9.17, 15) is 18.4 Å². The Labute approximate surface area is 165 Å². The Morgan fingerprint density at radius 3 is 2.25 bits per heavy atom. The number of halogens is 2. The topological polar surface area (TPSA) is 76.7 Å². The third-order valence-electron chi connectivity index (χ3n) is 3.44. The second-order valence-corrected chi connectivity index (χ2v) is 6.65. The summed E-state index contributed by atoms with van der Waals surface area (Å²) in [5, 5.41) is 5.41. The molecular weight excluding hydrogens is 390 g/mol. The van der Waals surface area contributed by atoms with Gasteiger partial charge in [0.1, 0.15) is 0 Å². The molecule has 0 fully saturated rings. The molecule has 0 atom stereocenters. The second kappa shape index (κ2) is 10.5. The van der Waals surface area contributed by atoms with Crippen molar-refractivity contribution >= 4 is 35.0 Å². The van der Waals surface area contributed by atoms with Crippen molar-refractivity contribution in [3.63, 3.8) is 0 Å². The van der Waals surface area contributed by atoms with E-state index in [1.54, 1.807) is 36.4 Å². The third kappa shape index (κ3) is 7.07. The zero-order valence-corrected chi connectivity index (χ0v) is 16.1. The van der Waals surface area contributed by atoms with Crippen LogP contribution in [0.1, 0.15) is 12.5 Å². The molecular formula is C19H20F2N2O4S. The summed E-state index contributed by atoms with van der Waals surface area (Å²) < 4.78 is 34.1. The van der Waals surface area contributed by atoms with Crippen LogP contribution in [0.5, 0.6) is 11.5 Å². The molecule has 2 rings (SSSR count). The van der Waals surface area contributed by atoms with E-state index in [2.05, 4.69) is 15.4 Å². The second-order valence-electron chi connectivity index (χ2n) is 5.66. The van der Waals surface area contributed by atoms with Crippen molar-refractivity contribution in [1.82, 2.24) is 0 Å². The molecule has 0 unspecified atom stereocenters. The van der Waals surface area contributed by atoms with Crippen LogP contribution in [0.2, 0.25) is 0 Å². The minimum atomic E-state index is -2.93. The van der Waals surface area contributed by atoms with Crippen LogP contribution in [0.15, 0.2) is 42.5 Å².